The molecule has 5 fully saturated rings. The van der Waals surface area contributed by atoms with Crippen LogP contribution in [-0.4, -0.2) is 29.8 Å². The van der Waals surface area contributed by atoms with Crippen molar-refractivity contribution in [3.63, 3.8) is 0 Å². The number of carbonyl (C=O) groups excluding carboxylic acids is 2. The molecule has 0 radical (unpaired) electrons. The summed E-state index contributed by atoms with van der Waals surface area (Å²) in [5.74, 6) is 2.03. The van der Waals surface area contributed by atoms with E-state index in [1.54, 1.807) is 17.0 Å². The van der Waals surface area contributed by atoms with Gasteiger partial charge in [0, 0.05) is 19.5 Å². The lowest BCUT2D eigenvalue weighted by Gasteiger charge is -2.57. The average Bonchev–Trinajstić information content (AvgIpc) is 2.61. The number of benzene rings is 1. The highest BCUT2D eigenvalue weighted by Crippen LogP contribution is 2.61. The SMILES string of the molecule is O=C1NCCN(C(=O)CC23CC4CC(CC(C4)C2)C3)[C@H]1c1ccc(F)cc1. The zero-order valence-electron chi connectivity index (χ0n) is 15.6. The van der Waals surface area contributed by atoms with Crippen molar-refractivity contribution in [3.8, 4) is 0 Å². The van der Waals surface area contributed by atoms with Gasteiger partial charge in [-0.25, -0.2) is 4.39 Å². The van der Waals surface area contributed by atoms with Gasteiger partial charge in [0.2, 0.25) is 11.8 Å². The predicted octanol–water partition coefficient (Wildman–Crippen LogP) is 3.43. The van der Waals surface area contributed by atoms with E-state index in [1.165, 1.54) is 50.7 Å². The van der Waals surface area contributed by atoms with Crippen molar-refractivity contribution in [3.05, 3.63) is 35.6 Å². The fourth-order valence-electron chi connectivity index (χ4n) is 6.84. The van der Waals surface area contributed by atoms with Gasteiger partial charge < -0.3 is 10.2 Å². The second kappa shape index (κ2) is 6.32. The van der Waals surface area contributed by atoms with Crippen LogP contribution in [0, 0.1) is 29.0 Å². The first-order valence-corrected chi connectivity index (χ1v) is 10.3. The molecule has 4 bridgehead atoms. The number of piperazine rings is 1. The largest absolute Gasteiger partial charge is 0.352 e. The Bertz CT molecular complexity index is 725. The standard InChI is InChI=1S/C22H27FN2O2/c23-18-3-1-17(2-4-18)20-21(27)24-5-6-25(20)19(26)13-22-10-14-7-15(11-22)9-16(8-14)12-22/h1-4,14-16,20H,5-13H2,(H,24,27)/t14?,15?,16?,20-,22?/m0/s1. The molecule has 2 amide bonds. The molecule has 0 unspecified atom stereocenters. The predicted molar refractivity (Wildman–Crippen MR) is 99.1 cm³/mol. The molecule has 1 aliphatic heterocycles. The molecular formula is C22H27FN2O2. The lowest BCUT2D eigenvalue weighted by Crippen LogP contribution is -2.54. The third kappa shape index (κ3) is 3.05. The van der Waals surface area contributed by atoms with Crippen LogP contribution in [0.25, 0.3) is 0 Å². The highest BCUT2D eigenvalue weighted by molar-refractivity contribution is 5.90. The number of hydrogen-bond donors (Lipinski definition) is 1. The summed E-state index contributed by atoms with van der Waals surface area (Å²) in [5, 5.41) is 2.86. The van der Waals surface area contributed by atoms with Gasteiger partial charge in [0.15, 0.2) is 0 Å². The number of rotatable bonds is 3. The Labute approximate surface area is 159 Å². The summed E-state index contributed by atoms with van der Waals surface area (Å²) < 4.78 is 13.3. The Balaban J connectivity index is 1.38. The summed E-state index contributed by atoms with van der Waals surface area (Å²) in [7, 11) is 0. The van der Waals surface area contributed by atoms with Gasteiger partial charge in [0.25, 0.3) is 0 Å². The molecule has 4 nitrogen and oxygen atoms in total. The van der Waals surface area contributed by atoms with Crippen molar-refractivity contribution in [2.24, 2.45) is 23.2 Å². The van der Waals surface area contributed by atoms with Gasteiger partial charge in [-0.05, 0) is 79.4 Å². The molecule has 144 valence electrons. The van der Waals surface area contributed by atoms with Gasteiger partial charge in [-0.3, -0.25) is 9.59 Å². The van der Waals surface area contributed by atoms with Gasteiger partial charge in [-0.1, -0.05) is 12.1 Å². The Hall–Kier alpha value is -1.91. The number of carbonyl (C=O) groups is 2. The van der Waals surface area contributed by atoms with E-state index < -0.39 is 6.04 Å². The Morgan fingerprint density at radius 3 is 2.26 bits per heavy atom. The van der Waals surface area contributed by atoms with Crippen molar-refractivity contribution in [1.82, 2.24) is 10.2 Å². The number of amides is 2. The molecule has 1 saturated heterocycles. The van der Waals surface area contributed by atoms with Crippen molar-refractivity contribution in [2.75, 3.05) is 13.1 Å². The molecule has 1 heterocycles. The molecule has 1 aromatic carbocycles. The molecule has 6 rings (SSSR count). The minimum atomic E-state index is -0.638. The normalized spacial score (nSPS) is 37.4. The van der Waals surface area contributed by atoms with Gasteiger partial charge in [0.1, 0.15) is 11.9 Å². The van der Waals surface area contributed by atoms with Crippen LogP contribution in [0.15, 0.2) is 24.3 Å². The Morgan fingerprint density at radius 1 is 1.07 bits per heavy atom. The molecule has 5 aliphatic rings. The second-order valence-electron chi connectivity index (χ2n) is 9.43. The zero-order chi connectivity index (χ0) is 18.6. The number of halogens is 1. The van der Waals surface area contributed by atoms with Crippen LogP contribution < -0.4 is 5.32 Å². The van der Waals surface area contributed by atoms with Crippen LogP contribution in [0.1, 0.15) is 56.6 Å². The van der Waals surface area contributed by atoms with Gasteiger partial charge in [-0.2, -0.15) is 0 Å². The first-order valence-electron chi connectivity index (χ1n) is 10.3. The van der Waals surface area contributed by atoms with E-state index in [4.69, 9.17) is 0 Å². The zero-order valence-corrected chi connectivity index (χ0v) is 15.6. The van der Waals surface area contributed by atoms with Crippen LogP contribution in [0.3, 0.4) is 0 Å². The third-order valence-electron chi connectivity index (χ3n) is 7.41. The number of hydrogen-bond acceptors (Lipinski definition) is 2. The minimum Gasteiger partial charge on any atom is -0.352 e. The molecule has 0 aromatic heterocycles. The van der Waals surface area contributed by atoms with Crippen molar-refractivity contribution < 1.29 is 14.0 Å². The molecule has 1 atom stereocenters. The highest BCUT2D eigenvalue weighted by Gasteiger charge is 2.52. The number of nitrogens with zero attached hydrogens (tertiary/aromatic N) is 1. The molecule has 0 spiro atoms. The molecule has 1 N–H and O–H groups in total. The van der Waals surface area contributed by atoms with Crippen LogP contribution in [0.2, 0.25) is 0 Å². The van der Waals surface area contributed by atoms with Gasteiger partial charge in [-0.15, -0.1) is 0 Å². The van der Waals surface area contributed by atoms with Crippen molar-refractivity contribution in [1.29, 1.82) is 0 Å². The molecule has 5 heteroatoms. The summed E-state index contributed by atoms with van der Waals surface area (Å²) in [6.07, 6.45) is 8.21. The van der Waals surface area contributed by atoms with Crippen LogP contribution in [-0.2, 0) is 9.59 Å². The molecule has 4 aliphatic carbocycles. The Morgan fingerprint density at radius 2 is 1.67 bits per heavy atom. The summed E-state index contributed by atoms with van der Waals surface area (Å²) in [6, 6.07) is 5.32. The highest BCUT2D eigenvalue weighted by atomic mass is 19.1. The van der Waals surface area contributed by atoms with E-state index in [0.29, 0.717) is 25.1 Å². The first-order chi connectivity index (χ1) is 13.0. The average molecular weight is 370 g/mol. The van der Waals surface area contributed by atoms with Crippen molar-refractivity contribution >= 4 is 11.8 Å². The quantitative estimate of drug-likeness (QED) is 0.886. The van der Waals surface area contributed by atoms with Crippen LogP contribution >= 0.6 is 0 Å². The maximum Gasteiger partial charge on any atom is 0.247 e. The summed E-state index contributed by atoms with van der Waals surface area (Å²) in [6.45, 7) is 1.02. The monoisotopic (exact) mass is 370 g/mol. The molecule has 27 heavy (non-hydrogen) atoms. The molecular weight excluding hydrogens is 343 g/mol. The smallest absolute Gasteiger partial charge is 0.247 e. The second-order valence-corrected chi connectivity index (χ2v) is 9.43. The maximum atomic E-state index is 13.4. The third-order valence-corrected chi connectivity index (χ3v) is 7.41. The van der Waals surface area contributed by atoms with E-state index >= 15 is 0 Å². The lowest BCUT2D eigenvalue weighted by molar-refractivity contribution is -0.149. The van der Waals surface area contributed by atoms with E-state index in [0.717, 1.165) is 17.8 Å². The van der Waals surface area contributed by atoms with Crippen molar-refractivity contribution in [2.45, 2.75) is 51.0 Å². The summed E-state index contributed by atoms with van der Waals surface area (Å²) in [4.78, 5) is 27.7. The topological polar surface area (TPSA) is 49.4 Å². The fraction of sp³-hybridized carbons (Fsp3) is 0.636. The number of nitrogens with one attached hydrogen (secondary N) is 1. The lowest BCUT2D eigenvalue weighted by atomic mass is 9.49. The summed E-state index contributed by atoms with van der Waals surface area (Å²) >= 11 is 0. The maximum absolute atomic E-state index is 13.4. The molecule has 4 saturated carbocycles. The van der Waals surface area contributed by atoms with Crippen LogP contribution in [0.5, 0.6) is 0 Å². The van der Waals surface area contributed by atoms with E-state index in [9.17, 15) is 14.0 Å². The first kappa shape index (κ1) is 17.2. The minimum absolute atomic E-state index is 0.0983. The summed E-state index contributed by atoms with van der Waals surface area (Å²) in [5.41, 5.74) is 0.847. The van der Waals surface area contributed by atoms with E-state index in [1.807, 2.05) is 0 Å². The van der Waals surface area contributed by atoms with Gasteiger partial charge in [0.05, 0.1) is 0 Å². The fourth-order valence-corrected chi connectivity index (χ4v) is 6.84. The van der Waals surface area contributed by atoms with E-state index in [-0.39, 0.29) is 23.0 Å². The van der Waals surface area contributed by atoms with E-state index in [2.05, 4.69) is 5.32 Å². The van der Waals surface area contributed by atoms with Gasteiger partial charge >= 0.3 is 0 Å². The molecule has 1 aromatic rings. The van der Waals surface area contributed by atoms with Crippen LogP contribution in [0.4, 0.5) is 4.39 Å². The Kier molecular flexibility index (Phi) is 4.03.